The SMILES string of the molecule is O=C(/C=C/n1c(=O)oc2ccccc21)n1c(=O)oc2ccccc21. The van der Waals surface area contributed by atoms with Gasteiger partial charge in [-0.3, -0.25) is 4.79 Å². The number of carbonyl (C=O) groups excluding carboxylic acids is 1. The molecule has 0 saturated heterocycles. The summed E-state index contributed by atoms with van der Waals surface area (Å²) >= 11 is 0. The molecule has 4 aromatic rings. The number of hydrogen-bond donors (Lipinski definition) is 0. The summed E-state index contributed by atoms with van der Waals surface area (Å²) in [5.74, 6) is -2.03. The molecule has 0 fully saturated rings. The zero-order chi connectivity index (χ0) is 16.7. The first-order valence-corrected chi connectivity index (χ1v) is 7.08. The van der Waals surface area contributed by atoms with Crippen molar-refractivity contribution in [2.75, 3.05) is 0 Å². The molecule has 7 nitrogen and oxygen atoms in total. The van der Waals surface area contributed by atoms with Crippen LogP contribution >= 0.6 is 0 Å². The number of benzene rings is 2. The van der Waals surface area contributed by atoms with Crippen LogP contribution < -0.4 is 11.5 Å². The quantitative estimate of drug-likeness (QED) is 0.529. The van der Waals surface area contributed by atoms with Crippen LogP contribution in [0.4, 0.5) is 0 Å². The lowest BCUT2D eigenvalue weighted by molar-refractivity contribution is 0.0966. The van der Waals surface area contributed by atoms with E-state index in [2.05, 4.69) is 0 Å². The van der Waals surface area contributed by atoms with Gasteiger partial charge in [-0.2, -0.15) is 0 Å². The van der Waals surface area contributed by atoms with E-state index in [-0.39, 0.29) is 0 Å². The second-order valence-electron chi connectivity index (χ2n) is 5.03. The first-order chi connectivity index (χ1) is 11.6. The molecule has 7 heteroatoms. The smallest absolute Gasteiger partial charge is 0.407 e. The molecule has 0 spiro atoms. The molecule has 2 heterocycles. The van der Waals surface area contributed by atoms with Gasteiger partial charge in [0.2, 0.25) is 0 Å². The van der Waals surface area contributed by atoms with Crippen LogP contribution in [0, 0.1) is 0 Å². The van der Waals surface area contributed by atoms with Gasteiger partial charge in [-0.1, -0.05) is 24.3 Å². The number of hydrogen-bond acceptors (Lipinski definition) is 5. The van der Waals surface area contributed by atoms with Crippen LogP contribution in [0.1, 0.15) is 4.79 Å². The van der Waals surface area contributed by atoms with Crippen molar-refractivity contribution >= 4 is 34.3 Å². The lowest BCUT2D eigenvalue weighted by atomic mass is 10.3. The maximum atomic E-state index is 12.4. The number of fused-ring (bicyclic) bond motifs is 2. The maximum absolute atomic E-state index is 12.4. The molecule has 4 rings (SSSR count). The summed E-state index contributed by atoms with van der Waals surface area (Å²) in [6.07, 6.45) is 2.39. The third-order valence-electron chi connectivity index (χ3n) is 3.59. The summed E-state index contributed by atoms with van der Waals surface area (Å²) in [5, 5.41) is 0. The fourth-order valence-corrected chi connectivity index (χ4v) is 2.51. The Morgan fingerprint density at radius 2 is 1.42 bits per heavy atom. The maximum Gasteiger partial charge on any atom is 0.427 e. The number of nitrogens with zero attached hydrogens (tertiary/aromatic N) is 2. The Labute approximate surface area is 133 Å². The van der Waals surface area contributed by atoms with Gasteiger partial charge in [0.15, 0.2) is 11.2 Å². The summed E-state index contributed by atoms with van der Waals surface area (Å²) in [6, 6.07) is 13.4. The molecule has 2 aromatic carbocycles. The predicted molar refractivity (Wildman–Crippen MR) is 86.9 cm³/mol. The van der Waals surface area contributed by atoms with Crippen molar-refractivity contribution in [1.29, 1.82) is 0 Å². The van der Waals surface area contributed by atoms with E-state index in [0.29, 0.717) is 22.2 Å². The highest BCUT2D eigenvalue weighted by Crippen LogP contribution is 2.13. The van der Waals surface area contributed by atoms with E-state index in [1.807, 2.05) is 0 Å². The van der Waals surface area contributed by atoms with Crippen molar-refractivity contribution in [2.45, 2.75) is 0 Å². The van der Waals surface area contributed by atoms with Crippen LogP contribution in [0.15, 0.2) is 73.0 Å². The average Bonchev–Trinajstić information content (AvgIpc) is 3.08. The minimum absolute atomic E-state index is 0.315. The highest BCUT2D eigenvalue weighted by Gasteiger charge is 2.14. The predicted octanol–water partition coefficient (Wildman–Crippen LogP) is 2.31. The molecule has 0 unspecified atom stereocenters. The zero-order valence-corrected chi connectivity index (χ0v) is 12.2. The third kappa shape index (κ3) is 2.11. The molecule has 24 heavy (non-hydrogen) atoms. The van der Waals surface area contributed by atoms with Gasteiger partial charge < -0.3 is 8.83 Å². The first kappa shape index (κ1) is 14.0. The zero-order valence-electron chi connectivity index (χ0n) is 12.2. The first-order valence-electron chi connectivity index (χ1n) is 7.08. The second-order valence-corrected chi connectivity index (χ2v) is 5.03. The van der Waals surface area contributed by atoms with E-state index in [4.69, 9.17) is 8.83 Å². The summed E-state index contributed by atoms with van der Waals surface area (Å²) in [5.41, 5.74) is 1.61. The van der Waals surface area contributed by atoms with Crippen molar-refractivity contribution in [2.24, 2.45) is 0 Å². The number of oxazole rings is 2. The monoisotopic (exact) mass is 322 g/mol. The molecular weight excluding hydrogens is 312 g/mol. The van der Waals surface area contributed by atoms with Crippen molar-refractivity contribution in [3.63, 3.8) is 0 Å². The molecule has 0 aliphatic carbocycles. The van der Waals surface area contributed by atoms with Crippen molar-refractivity contribution in [3.05, 3.63) is 75.7 Å². The van der Waals surface area contributed by atoms with Crippen molar-refractivity contribution in [1.82, 2.24) is 9.13 Å². The van der Waals surface area contributed by atoms with E-state index >= 15 is 0 Å². The largest absolute Gasteiger partial charge is 0.427 e. The lowest BCUT2D eigenvalue weighted by Gasteiger charge is -1.96. The molecule has 0 radical (unpaired) electrons. The molecule has 0 aliphatic rings. The van der Waals surface area contributed by atoms with E-state index in [9.17, 15) is 14.4 Å². The molecule has 0 atom stereocenters. The van der Waals surface area contributed by atoms with E-state index < -0.39 is 17.4 Å². The summed E-state index contributed by atoms with van der Waals surface area (Å²) in [4.78, 5) is 36.1. The summed E-state index contributed by atoms with van der Waals surface area (Å²) < 4.78 is 12.2. The fraction of sp³-hybridized carbons (Fsp3) is 0. The molecule has 118 valence electrons. The number of carbonyl (C=O) groups is 1. The average molecular weight is 322 g/mol. The summed E-state index contributed by atoms with van der Waals surface area (Å²) in [6.45, 7) is 0. The number of aromatic nitrogens is 2. The molecular formula is C17H10N2O5. The van der Waals surface area contributed by atoms with Crippen LogP contribution in [0.3, 0.4) is 0 Å². The van der Waals surface area contributed by atoms with Crippen LogP contribution in [-0.2, 0) is 0 Å². The van der Waals surface area contributed by atoms with Crippen molar-refractivity contribution < 1.29 is 13.6 Å². The highest BCUT2D eigenvalue weighted by molar-refractivity contribution is 5.98. The van der Waals surface area contributed by atoms with Gasteiger partial charge in [0.05, 0.1) is 11.0 Å². The lowest BCUT2D eigenvalue weighted by Crippen LogP contribution is -2.21. The molecule has 0 bridgehead atoms. The number of rotatable bonds is 2. The Morgan fingerprint density at radius 3 is 2.17 bits per heavy atom. The molecule has 0 aliphatic heterocycles. The van der Waals surface area contributed by atoms with Gasteiger partial charge in [-0.05, 0) is 24.3 Å². The van der Waals surface area contributed by atoms with E-state index in [1.54, 1.807) is 48.5 Å². The van der Waals surface area contributed by atoms with Gasteiger partial charge in [-0.15, -0.1) is 0 Å². The molecule has 2 aromatic heterocycles. The van der Waals surface area contributed by atoms with Gasteiger partial charge in [0.25, 0.3) is 5.91 Å². The highest BCUT2D eigenvalue weighted by atomic mass is 16.4. The van der Waals surface area contributed by atoms with Crippen LogP contribution in [0.2, 0.25) is 0 Å². The van der Waals surface area contributed by atoms with Crippen LogP contribution in [0.5, 0.6) is 0 Å². The van der Waals surface area contributed by atoms with Crippen LogP contribution in [0.25, 0.3) is 28.4 Å². The van der Waals surface area contributed by atoms with E-state index in [1.165, 1.54) is 10.8 Å². The Kier molecular flexibility index (Phi) is 3.06. The molecule has 0 saturated carbocycles. The Morgan fingerprint density at radius 1 is 0.833 bits per heavy atom. The molecule has 0 N–H and O–H groups in total. The topological polar surface area (TPSA) is 87.4 Å². The van der Waals surface area contributed by atoms with Gasteiger partial charge in [0, 0.05) is 12.3 Å². The molecule has 0 amide bonds. The third-order valence-corrected chi connectivity index (χ3v) is 3.59. The minimum atomic E-state index is -0.782. The normalized spacial score (nSPS) is 11.7. The summed E-state index contributed by atoms with van der Waals surface area (Å²) in [7, 11) is 0. The van der Waals surface area contributed by atoms with Gasteiger partial charge in [0.1, 0.15) is 0 Å². The number of allylic oxidation sites excluding steroid dienone is 1. The van der Waals surface area contributed by atoms with Crippen molar-refractivity contribution in [3.8, 4) is 0 Å². The number of para-hydroxylation sites is 4. The Balaban J connectivity index is 1.79. The minimum Gasteiger partial charge on any atom is -0.407 e. The van der Waals surface area contributed by atoms with Gasteiger partial charge in [-0.25, -0.2) is 18.7 Å². The second kappa shape index (κ2) is 5.24. The van der Waals surface area contributed by atoms with Gasteiger partial charge >= 0.3 is 11.5 Å². The standard InChI is InChI=1S/C17H10N2O5/c20-15(19-12-6-2-4-8-14(12)24-17(19)22)9-10-18-11-5-1-3-7-13(11)23-16(18)21/h1-10H/b10-9+. The Hall–Kier alpha value is -3.61. The van der Waals surface area contributed by atoms with Crippen LogP contribution in [-0.4, -0.2) is 15.0 Å². The van der Waals surface area contributed by atoms with E-state index in [0.717, 1.165) is 10.6 Å². The Bertz CT molecular complexity index is 1220. The fourth-order valence-electron chi connectivity index (χ4n) is 2.51.